The molecule has 2 aliphatic heterocycles. The highest BCUT2D eigenvalue weighted by Crippen LogP contribution is 2.30. The fraction of sp³-hybridized carbons (Fsp3) is 0.500. The normalized spacial score (nSPS) is 20.6. The first kappa shape index (κ1) is 11.2. The van der Waals surface area contributed by atoms with E-state index in [0.29, 0.717) is 16.6 Å². The molecule has 17 heavy (non-hydrogen) atoms. The average Bonchev–Trinajstić information content (AvgIpc) is 2.71. The van der Waals surface area contributed by atoms with Gasteiger partial charge in [-0.2, -0.15) is 0 Å². The molecule has 1 N–H and O–H groups in total. The first-order valence-electron chi connectivity index (χ1n) is 5.38. The van der Waals surface area contributed by atoms with Crippen molar-refractivity contribution >= 4 is 40.0 Å². The minimum atomic E-state index is -0.148. The van der Waals surface area contributed by atoms with Crippen molar-refractivity contribution < 1.29 is 9.59 Å². The quantitative estimate of drug-likeness (QED) is 0.748. The molecule has 1 aromatic heterocycles. The molecule has 7 heteroatoms. The van der Waals surface area contributed by atoms with Gasteiger partial charge in [0, 0.05) is 24.4 Å². The van der Waals surface area contributed by atoms with Crippen LogP contribution in [-0.2, 0) is 22.6 Å². The van der Waals surface area contributed by atoms with E-state index < -0.39 is 0 Å². The summed E-state index contributed by atoms with van der Waals surface area (Å²) in [6.45, 7) is 1.70. The fourth-order valence-electron chi connectivity index (χ4n) is 1.91. The van der Waals surface area contributed by atoms with Gasteiger partial charge < -0.3 is 5.32 Å². The van der Waals surface area contributed by atoms with Gasteiger partial charge >= 0.3 is 0 Å². The molecule has 2 amide bonds. The zero-order valence-electron chi connectivity index (χ0n) is 9.06. The summed E-state index contributed by atoms with van der Waals surface area (Å²) in [6, 6.07) is 0. The van der Waals surface area contributed by atoms with E-state index in [-0.39, 0.29) is 11.8 Å². The molecule has 0 saturated carbocycles. The number of amides is 2. The Balaban J connectivity index is 1.94. The third-order valence-corrected chi connectivity index (χ3v) is 4.72. The van der Waals surface area contributed by atoms with E-state index in [1.54, 1.807) is 0 Å². The van der Waals surface area contributed by atoms with Crippen LogP contribution < -0.4 is 10.2 Å². The van der Waals surface area contributed by atoms with Crippen molar-refractivity contribution in [1.82, 2.24) is 10.3 Å². The molecule has 3 rings (SSSR count). The topological polar surface area (TPSA) is 62.3 Å². The van der Waals surface area contributed by atoms with Crippen LogP contribution in [0.3, 0.4) is 0 Å². The number of hydrogen-bond donors (Lipinski definition) is 1. The number of carbonyl (C=O) groups excluding carboxylic acids is 2. The standard InChI is InChI=1S/C10H11N3O2S2/c14-8-4-16-5-9(15)13(8)10-12-6-1-2-11-3-7(6)17-10/h11H,1-5H2. The lowest BCUT2D eigenvalue weighted by Crippen LogP contribution is -2.43. The number of hydrogen-bond acceptors (Lipinski definition) is 6. The first-order valence-corrected chi connectivity index (χ1v) is 7.35. The van der Waals surface area contributed by atoms with Gasteiger partial charge in [0.25, 0.3) is 0 Å². The van der Waals surface area contributed by atoms with E-state index in [1.807, 2.05) is 0 Å². The lowest BCUT2D eigenvalue weighted by molar-refractivity contribution is -0.124. The summed E-state index contributed by atoms with van der Waals surface area (Å²) >= 11 is 2.82. The summed E-state index contributed by atoms with van der Waals surface area (Å²) in [4.78, 5) is 30.3. The molecule has 0 unspecified atom stereocenters. The van der Waals surface area contributed by atoms with Gasteiger partial charge in [-0.05, 0) is 0 Å². The Kier molecular flexibility index (Phi) is 2.89. The minimum Gasteiger partial charge on any atom is -0.311 e. The van der Waals surface area contributed by atoms with Gasteiger partial charge in [-0.25, -0.2) is 9.88 Å². The molecule has 0 aliphatic carbocycles. The molecule has 0 aromatic carbocycles. The predicted octanol–water partition coefficient (Wildman–Crippen LogP) is 0.395. The number of carbonyl (C=O) groups is 2. The van der Waals surface area contributed by atoms with Gasteiger partial charge in [0.1, 0.15) is 0 Å². The molecular formula is C10H11N3O2S2. The molecule has 0 bridgehead atoms. The van der Waals surface area contributed by atoms with E-state index >= 15 is 0 Å². The maximum absolute atomic E-state index is 11.8. The highest BCUT2D eigenvalue weighted by molar-refractivity contribution is 8.00. The van der Waals surface area contributed by atoms with Crippen LogP contribution >= 0.6 is 23.1 Å². The van der Waals surface area contributed by atoms with Crippen LogP contribution in [0.2, 0.25) is 0 Å². The smallest absolute Gasteiger partial charge is 0.245 e. The number of nitrogens with one attached hydrogen (secondary N) is 1. The molecule has 0 radical (unpaired) electrons. The van der Waals surface area contributed by atoms with E-state index in [9.17, 15) is 9.59 Å². The van der Waals surface area contributed by atoms with E-state index in [1.165, 1.54) is 28.0 Å². The molecular weight excluding hydrogens is 258 g/mol. The summed E-state index contributed by atoms with van der Waals surface area (Å²) in [5, 5.41) is 3.81. The molecule has 0 atom stereocenters. The van der Waals surface area contributed by atoms with Gasteiger partial charge in [0.05, 0.1) is 17.2 Å². The SMILES string of the molecule is O=C1CSCC(=O)N1c1nc2c(s1)CNCC2. The zero-order valence-corrected chi connectivity index (χ0v) is 10.7. The number of imide groups is 1. The molecule has 90 valence electrons. The van der Waals surface area contributed by atoms with Crippen LogP contribution in [0.5, 0.6) is 0 Å². The van der Waals surface area contributed by atoms with Crippen LogP contribution in [0.25, 0.3) is 0 Å². The van der Waals surface area contributed by atoms with Crippen LogP contribution in [0.1, 0.15) is 10.6 Å². The minimum absolute atomic E-state index is 0.148. The summed E-state index contributed by atoms with van der Waals surface area (Å²) in [6.07, 6.45) is 0.872. The Morgan fingerprint density at radius 1 is 1.24 bits per heavy atom. The van der Waals surface area contributed by atoms with E-state index in [2.05, 4.69) is 10.3 Å². The highest BCUT2D eigenvalue weighted by atomic mass is 32.2. The molecule has 2 aliphatic rings. The van der Waals surface area contributed by atoms with Crippen molar-refractivity contribution in [3.8, 4) is 0 Å². The Labute approximate surface area is 107 Å². The molecule has 0 spiro atoms. The highest BCUT2D eigenvalue weighted by Gasteiger charge is 2.31. The van der Waals surface area contributed by atoms with Crippen molar-refractivity contribution in [3.63, 3.8) is 0 Å². The Morgan fingerprint density at radius 3 is 2.71 bits per heavy atom. The van der Waals surface area contributed by atoms with Crippen molar-refractivity contribution in [3.05, 3.63) is 10.6 Å². The van der Waals surface area contributed by atoms with Crippen LogP contribution in [-0.4, -0.2) is 34.8 Å². The Bertz CT molecular complexity index is 446. The second-order valence-corrected chi connectivity index (χ2v) is 5.96. The molecule has 5 nitrogen and oxygen atoms in total. The average molecular weight is 269 g/mol. The lowest BCUT2D eigenvalue weighted by atomic mass is 10.2. The van der Waals surface area contributed by atoms with Crippen LogP contribution in [0, 0.1) is 0 Å². The fourth-order valence-corrected chi connectivity index (χ4v) is 3.74. The van der Waals surface area contributed by atoms with Gasteiger partial charge in [0.2, 0.25) is 11.8 Å². The molecule has 1 fully saturated rings. The first-order chi connectivity index (χ1) is 8.25. The van der Waals surface area contributed by atoms with Crippen molar-refractivity contribution in [2.24, 2.45) is 0 Å². The maximum atomic E-state index is 11.8. The summed E-state index contributed by atoms with van der Waals surface area (Å²) < 4.78 is 0. The van der Waals surface area contributed by atoms with E-state index in [0.717, 1.165) is 30.1 Å². The third kappa shape index (κ3) is 1.98. The summed E-state index contributed by atoms with van der Waals surface area (Å²) in [5.74, 6) is 0.443. The molecule has 1 saturated heterocycles. The largest absolute Gasteiger partial charge is 0.311 e. The number of aromatic nitrogens is 1. The zero-order chi connectivity index (χ0) is 11.8. The summed E-state index contributed by atoms with van der Waals surface area (Å²) in [5.41, 5.74) is 1.03. The van der Waals surface area contributed by atoms with Crippen molar-refractivity contribution in [2.45, 2.75) is 13.0 Å². The Morgan fingerprint density at radius 2 is 2.00 bits per heavy atom. The predicted molar refractivity (Wildman–Crippen MR) is 67.3 cm³/mol. The summed E-state index contributed by atoms with van der Waals surface area (Å²) in [7, 11) is 0. The third-order valence-electron chi connectivity index (χ3n) is 2.73. The number of anilines is 1. The lowest BCUT2D eigenvalue weighted by Gasteiger charge is -2.21. The second kappa shape index (κ2) is 4.40. The number of thiazole rings is 1. The maximum Gasteiger partial charge on any atom is 0.245 e. The molecule has 3 heterocycles. The van der Waals surface area contributed by atoms with Gasteiger partial charge in [-0.15, -0.1) is 11.8 Å². The number of fused-ring (bicyclic) bond motifs is 1. The van der Waals surface area contributed by atoms with Crippen molar-refractivity contribution in [2.75, 3.05) is 23.0 Å². The van der Waals surface area contributed by atoms with Crippen molar-refractivity contribution in [1.29, 1.82) is 0 Å². The Hall–Kier alpha value is -0.920. The number of thioether (sulfide) groups is 1. The van der Waals surface area contributed by atoms with Gasteiger partial charge in [-0.3, -0.25) is 9.59 Å². The molecule has 1 aromatic rings. The van der Waals surface area contributed by atoms with E-state index in [4.69, 9.17) is 0 Å². The number of rotatable bonds is 1. The van der Waals surface area contributed by atoms with Gasteiger partial charge in [0.15, 0.2) is 5.13 Å². The van der Waals surface area contributed by atoms with Crippen LogP contribution in [0.15, 0.2) is 0 Å². The monoisotopic (exact) mass is 269 g/mol. The second-order valence-electron chi connectivity index (χ2n) is 3.91. The van der Waals surface area contributed by atoms with Gasteiger partial charge in [-0.1, -0.05) is 11.3 Å². The van der Waals surface area contributed by atoms with Crippen LogP contribution in [0.4, 0.5) is 5.13 Å². The number of nitrogens with zero attached hydrogens (tertiary/aromatic N) is 2.